The number of methoxy groups -OCH3 is 1. The van der Waals surface area contributed by atoms with Gasteiger partial charge in [0.2, 0.25) is 0 Å². The zero-order chi connectivity index (χ0) is 19.4. The molecule has 2 aromatic carbocycles. The highest BCUT2D eigenvalue weighted by Gasteiger charge is 2.35. The molecule has 1 saturated heterocycles. The summed E-state index contributed by atoms with van der Waals surface area (Å²) in [6, 6.07) is 15.6. The van der Waals surface area contributed by atoms with Crippen molar-refractivity contribution in [3.05, 3.63) is 59.7 Å². The summed E-state index contributed by atoms with van der Waals surface area (Å²) in [7, 11) is 1.34. The quantitative estimate of drug-likeness (QED) is 0.818. The van der Waals surface area contributed by atoms with Crippen LogP contribution in [0.25, 0.3) is 0 Å². The molecule has 1 aliphatic rings. The van der Waals surface area contributed by atoms with Gasteiger partial charge in [-0.15, -0.1) is 0 Å². The smallest absolute Gasteiger partial charge is 0.414 e. The number of amides is 1. The number of carbonyl (C=O) groups is 2. The van der Waals surface area contributed by atoms with Crippen LogP contribution in [0.1, 0.15) is 22.8 Å². The summed E-state index contributed by atoms with van der Waals surface area (Å²) < 4.78 is 10.2. The van der Waals surface area contributed by atoms with Gasteiger partial charge in [-0.3, -0.25) is 4.90 Å². The molecule has 138 valence electrons. The highest BCUT2D eigenvalue weighted by atomic mass is 16.6. The van der Waals surface area contributed by atoms with Gasteiger partial charge >= 0.3 is 12.1 Å². The van der Waals surface area contributed by atoms with Crippen LogP contribution in [0.15, 0.2) is 48.5 Å². The van der Waals surface area contributed by atoms with Gasteiger partial charge in [-0.1, -0.05) is 0 Å². The fraction of sp³-hybridized carbons (Fsp3) is 0.250. The van der Waals surface area contributed by atoms with Crippen molar-refractivity contribution in [3.63, 3.8) is 0 Å². The second kappa shape index (κ2) is 7.79. The van der Waals surface area contributed by atoms with Crippen molar-refractivity contribution in [1.82, 2.24) is 0 Å². The Morgan fingerprint density at radius 1 is 1.26 bits per heavy atom. The number of nitriles is 1. The molecule has 1 amide bonds. The SMILES string of the molecule is COC(=O)c1ccc(NC(C)C2CN(c3ccc(C#N)cc3)C(=O)O2)cc1. The average Bonchev–Trinajstić information content (AvgIpc) is 3.10. The van der Waals surface area contributed by atoms with Gasteiger partial charge in [-0.25, -0.2) is 9.59 Å². The maximum Gasteiger partial charge on any atom is 0.414 e. The van der Waals surface area contributed by atoms with Crippen LogP contribution in [0.2, 0.25) is 0 Å². The number of esters is 1. The van der Waals surface area contributed by atoms with Crippen molar-refractivity contribution in [1.29, 1.82) is 5.26 Å². The van der Waals surface area contributed by atoms with Crippen LogP contribution in [0, 0.1) is 11.3 Å². The molecule has 0 aromatic heterocycles. The number of carbonyl (C=O) groups excluding carboxylic acids is 2. The fourth-order valence-corrected chi connectivity index (χ4v) is 2.85. The number of cyclic esters (lactones) is 1. The molecule has 3 rings (SSSR count). The standard InChI is InChI=1S/C20H19N3O4/c1-13(22-16-7-5-15(6-8-16)19(24)26-2)18-12-23(20(25)27-18)17-9-3-14(11-21)4-10-17/h3-10,13,18,22H,12H2,1-2H3. The monoisotopic (exact) mass is 365 g/mol. The Kier molecular flexibility index (Phi) is 5.27. The zero-order valence-corrected chi connectivity index (χ0v) is 15.0. The molecule has 0 spiro atoms. The summed E-state index contributed by atoms with van der Waals surface area (Å²) in [6.07, 6.45) is -0.757. The molecule has 1 aliphatic heterocycles. The third-order valence-corrected chi connectivity index (χ3v) is 4.40. The van der Waals surface area contributed by atoms with Crippen LogP contribution in [0.3, 0.4) is 0 Å². The summed E-state index contributed by atoms with van der Waals surface area (Å²) in [5.74, 6) is -0.391. The molecule has 2 aromatic rings. The minimum atomic E-state index is -0.417. The number of nitrogens with zero attached hydrogens (tertiary/aromatic N) is 2. The maximum absolute atomic E-state index is 12.2. The highest BCUT2D eigenvalue weighted by Crippen LogP contribution is 2.24. The minimum Gasteiger partial charge on any atom is -0.465 e. The van der Waals surface area contributed by atoms with E-state index in [1.807, 2.05) is 6.92 Å². The van der Waals surface area contributed by atoms with E-state index >= 15 is 0 Å². The van der Waals surface area contributed by atoms with Crippen molar-refractivity contribution in [2.45, 2.75) is 19.1 Å². The van der Waals surface area contributed by atoms with Gasteiger partial charge in [0.25, 0.3) is 0 Å². The van der Waals surface area contributed by atoms with Crippen LogP contribution < -0.4 is 10.2 Å². The van der Waals surface area contributed by atoms with Crippen LogP contribution in [-0.4, -0.2) is 37.9 Å². The van der Waals surface area contributed by atoms with E-state index in [2.05, 4.69) is 16.1 Å². The number of rotatable bonds is 5. The second-order valence-corrected chi connectivity index (χ2v) is 6.19. The first-order chi connectivity index (χ1) is 13.0. The van der Waals surface area contributed by atoms with E-state index in [0.29, 0.717) is 23.4 Å². The van der Waals surface area contributed by atoms with Crippen molar-refractivity contribution in [2.75, 3.05) is 23.9 Å². The van der Waals surface area contributed by atoms with Crippen molar-refractivity contribution >= 4 is 23.4 Å². The van der Waals surface area contributed by atoms with E-state index in [-0.39, 0.29) is 12.1 Å². The molecule has 0 aliphatic carbocycles. The molecule has 1 fully saturated rings. The fourth-order valence-electron chi connectivity index (χ4n) is 2.85. The molecule has 7 heteroatoms. The molecule has 1 heterocycles. The predicted octanol–water partition coefficient (Wildman–Crippen LogP) is 3.17. The lowest BCUT2D eigenvalue weighted by atomic mass is 10.1. The summed E-state index contributed by atoms with van der Waals surface area (Å²) in [5.41, 5.74) is 2.50. The molecule has 0 saturated carbocycles. The lowest BCUT2D eigenvalue weighted by Crippen LogP contribution is -2.34. The number of anilines is 2. The first-order valence-corrected chi connectivity index (χ1v) is 8.45. The largest absolute Gasteiger partial charge is 0.465 e. The first kappa shape index (κ1) is 18.3. The van der Waals surface area contributed by atoms with Crippen LogP contribution >= 0.6 is 0 Å². The van der Waals surface area contributed by atoms with Crippen LogP contribution in [0.4, 0.5) is 16.2 Å². The number of hydrogen-bond acceptors (Lipinski definition) is 6. The Morgan fingerprint density at radius 2 is 1.93 bits per heavy atom. The first-order valence-electron chi connectivity index (χ1n) is 8.45. The van der Waals surface area contributed by atoms with E-state index < -0.39 is 12.1 Å². The van der Waals surface area contributed by atoms with Gasteiger partial charge in [-0.2, -0.15) is 5.26 Å². The van der Waals surface area contributed by atoms with Crippen molar-refractivity contribution in [3.8, 4) is 6.07 Å². The molecule has 2 atom stereocenters. The van der Waals surface area contributed by atoms with E-state index in [0.717, 1.165) is 5.69 Å². The van der Waals surface area contributed by atoms with E-state index in [9.17, 15) is 9.59 Å². The normalized spacial score (nSPS) is 17.0. The van der Waals surface area contributed by atoms with Gasteiger partial charge in [0.15, 0.2) is 0 Å². The number of hydrogen-bond donors (Lipinski definition) is 1. The van der Waals surface area contributed by atoms with Gasteiger partial charge in [0.05, 0.1) is 36.9 Å². The highest BCUT2D eigenvalue weighted by molar-refractivity contribution is 5.90. The lowest BCUT2D eigenvalue weighted by molar-refractivity contribution is 0.0600. The Balaban J connectivity index is 1.64. The molecule has 2 unspecified atom stereocenters. The molecule has 1 N–H and O–H groups in total. The molecule has 27 heavy (non-hydrogen) atoms. The van der Waals surface area contributed by atoms with Gasteiger partial charge in [-0.05, 0) is 55.5 Å². The average molecular weight is 365 g/mol. The van der Waals surface area contributed by atoms with Crippen LogP contribution in [-0.2, 0) is 9.47 Å². The number of nitrogens with one attached hydrogen (secondary N) is 1. The van der Waals surface area contributed by atoms with Crippen molar-refractivity contribution in [2.24, 2.45) is 0 Å². The second-order valence-electron chi connectivity index (χ2n) is 6.19. The summed E-state index contributed by atoms with van der Waals surface area (Å²) in [5, 5.41) is 12.2. The third-order valence-electron chi connectivity index (χ3n) is 4.40. The minimum absolute atomic E-state index is 0.138. The molecule has 0 radical (unpaired) electrons. The number of benzene rings is 2. The molecular formula is C20H19N3O4. The molecular weight excluding hydrogens is 346 g/mol. The predicted molar refractivity (Wildman–Crippen MR) is 99.6 cm³/mol. The zero-order valence-electron chi connectivity index (χ0n) is 15.0. The Morgan fingerprint density at radius 3 is 2.52 bits per heavy atom. The van der Waals surface area contributed by atoms with Gasteiger partial charge < -0.3 is 14.8 Å². The Labute approximate surface area is 157 Å². The topological polar surface area (TPSA) is 91.7 Å². The summed E-state index contributed by atoms with van der Waals surface area (Å²) in [4.78, 5) is 25.2. The van der Waals surface area contributed by atoms with Crippen LogP contribution in [0.5, 0.6) is 0 Å². The Hall–Kier alpha value is -3.53. The Bertz CT molecular complexity index is 872. The van der Waals surface area contributed by atoms with E-state index in [1.54, 1.807) is 53.4 Å². The third kappa shape index (κ3) is 4.01. The number of ether oxygens (including phenoxy) is 2. The van der Waals surface area contributed by atoms with Crippen molar-refractivity contribution < 1.29 is 19.1 Å². The summed E-state index contributed by atoms with van der Waals surface area (Å²) in [6.45, 7) is 2.33. The van der Waals surface area contributed by atoms with Gasteiger partial charge in [0, 0.05) is 11.4 Å². The van der Waals surface area contributed by atoms with E-state index in [1.165, 1.54) is 7.11 Å². The van der Waals surface area contributed by atoms with Gasteiger partial charge in [0.1, 0.15) is 6.10 Å². The maximum atomic E-state index is 12.2. The lowest BCUT2D eigenvalue weighted by Gasteiger charge is -2.20. The molecule has 7 nitrogen and oxygen atoms in total. The van der Waals surface area contributed by atoms with E-state index in [4.69, 9.17) is 10.00 Å². The summed E-state index contributed by atoms with van der Waals surface area (Å²) >= 11 is 0. The molecule has 0 bridgehead atoms.